The molecule has 2 aliphatic heterocycles. The molecule has 73 heavy (non-hydrogen) atoms. The first-order valence-electron chi connectivity index (χ1n) is 21.6. The molecular weight excluding hydrogens is 1030 g/mol. The van der Waals surface area contributed by atoms with Crippen molar-refractivity contribution >= 4 is 82.7 Å². The van der Waals surface area contributed by atoms with Crippen molar-refractivity contribution in [3.8, 4) is 44.5 Å². The Morgan fingerprint density at radius 1 is 0.411 bits per heavy atom. The molecule has 0 fully saturated rings. The summed E-state index contributed by atoms with van der Waals surface area (Å²) in [6, 6.07) is 32.7. The van der Waals surface area contributed by atoms with Gasteiger partial charge in [0, 0.05) is 50.7 Å². The second-order valence-corrected chi connectivity index (χ2v) is 20.8. The van der Waals surface area contributed by atoms with Gasteiger partial charge in [-0.15, -0.1) is 0 Å². The Hall–Kier alpha value is -3.32. The van der Waals surface area contributed by atoms with Gasteiger partial charge in [-0.05, 0) is 132 Å². The van der Waals surface area contributed by atoms with Crippen LogP contribution < -0.4 is 118 Å². The number of aromatic amines is 2. The van der Waals surface area contributed by atoms with Crippen LogP contribution in [0.25, 0.3) is 90.9 Å². The number of fused-ring (bicyclic) bond motifs is 8. The van der Waals surface area contributed by atoms with E-state index in [0.717, 1.165) is 42.4 Å². The number of unbranched alkanes of at least 4 members (excludes halogenated alkanes) is 3. The third kappa shape index (κ3) is 14.0. The van der Waals surface area contributed by atoms with Crippen molar-refractivity contribution in [2.75, 3.05) is 0 Å². The van der Waals surface area contributed by atoms with Gasteiger partial charge in [-0.25, -0.2) is 9.97 Å². The smallest absolute Gasteiger partial charge is 1.00 e. The third-order valence-electron chi connectivity index (χ3n) is 11.9. The molecule has 0 saturated heterocycles. The van der Waals surface area contributed by atoms with Crippen molar-refractivity contribution in [1.82, 2.24) is 19.9 Å². The van der Waals surface area contributed by atoms with Crippen LogP contribution in [0.4, 0.5) is 0 Å². The van der Waals surface area contributed by atoms with E-state index < -0.39 is 36.3 Å². The number of aryl methyl sites for hydroxylation is 1. The van der Waals surface area contributed by atoms with Gasteiger partial charge < -0.3 is 20.8 Å². The zero-order valence-corrected chi connectivity index (χ0v) is 50.8. The summed E-state index contributed by atoms with van der Waals surface area (Å²) in [6.07, 6.45) is 11.5. The largest absolute Gasteiger partial charge is 1.00 e. The van der Waals surface area contributed by atoms with E-state index in [4.69, 9.17) is 15.1 Å². The molecule has 0 atom stereocenters. The summed E-state index contributed by atoms with van der Waals surface area (Å²) in [4.78, 5) is 27.5. The summed E-state index contributed by atoms with van der Waals surface area (Å²) >= 11 is 0. The molecule has 0 unspecified atom stereocenters. The fourth-order valence-electron chi connectivity index (χ4n) is 8.60. The summed E-state index contributed by atoms with van der Waals surface area (Å²) in [5.74, 6) is -0.798. The van der Waals surface area contributed by atoms with Gasteiger partial charge in [-0.3, -0.25) is 18.5 Å². The SMILES string of the molecule is O=C(O)CCCCCCc1ccc(-c2c3nc(c(-c4ccc(S(=O)(=O)O)cc4)c4ccc([nH]4)c(-c4ccc(S(=O)(=O)O)cc4)c4nc(c(-c5ccc(S(=O)(=O)O)cc5)c5ccc2[nH]5)C=C4)C=C3)cc1.[H-].[H-].[H-].[H-].[Na+].[Na+].[Na+].[Na+]. The minimum atomic E-state index is -4.53. The summed E-state index contributed by atoms with van der Waals surface area (Å²) < 4.78 is 102. The van der Waals surface area contributed by atoms with E-state index in [2.05, 4.69) is 22.1 Å². The number of aromatic nitrogens is 4. The van der Waals surface area contributed by atoms with E-state index in [9.17, 15) is 43.7 Å². The van der Waals surface area contributed by atoms with Crippen LogP contribution in [-0.4, -0.2) is 69.9 Å². The molecular formula is C51H46N4Na4O11S3. The van der Waals surface area contributed by atoms with E-state index in [1.54, 1.807) is 48.6 Å². The molecule has 9 rings (SSSR count). The van der Waals surface area contributed by atoms with Gasteiger partial charge in [0.05, 0.1) is 37.5 Å². The van der Waals surface area contributed by atoms with Crippen molar-refractivity contribution in [3.05, 3.63) is 150 Å². The summed E-state index contributed by atoms with van der Waals surface area (Å²) in [6.45, 7) is 0. The molecule has 5 heterocycles. The molecule has 2 aliphatic rings. The number of hydrogen-bond acceptors (Lipinski definition) is 9. The minimum absolute atomic E-state index is 0. The molecule has 15 nitrogen and oxygen atoms in total. The molecule has 8 bridgehead atoms. The molecule has 0 spiro atoms. The van der Waals surface area contributed by atoms with Crippen molar-refractivity contribution in [3.63, 3.8) is 0 Å². The van der Waals surface area contributed by atoms with E-state index >= 15 is 0 Å². The van der Waals surface area contributed by atoms with E-state index in [1.807, 2.05) is 48.6 Å². The predicted molar refractivity (Wildman–Crippen MR) is 269 cm³/mol. The first-order valence-corrected chi connectivity index (χ1v) is 25.9. The van der Waals surface area contributed by atoms with Crippen LogP contribution in [-0.2, 0) is 41.6 Å². The molecule has 3 aromatic heterocycles. The average molecular weight is 1080 g/mol. The number of carboxylic acids is 1. The number of hydrogen-bond donors (Lipinski definition) is 6. The van der Waals surface area contributed by atoms with Crippen molar-refractivity contribution in [1.29, 1.82) is 0 Å². The van der Waals surface area contributed by atoms with Gasteiger partial charge in [-0.2, -0.15) is 25.3 Å². The molecule has 7 aromatic rings. The molecule has 0 saturated carbocycles. The molecule has 0 radical (unpaired) electrons. The van der Waals surface area contributed by atoms with Gasteiger partial charge in [0.1, 0.15) is 0 Å². The van der Waals surface area contributed by atoms with Crippen LogP contribution in [0.3, 0.4) is 0 Å². The Bertz CT molecular complexity index is 3720. The topological polar surface area (TPSA) is 258 Å². The van der Waals surface area contributed by atoms with Gasteiger partial charge >= 0.3 is 124 Å². The first-order chi connectivity index (χ1) is 32.9. The van der Waals surface area contributed by atoms with Gasteiger partial charge in [0.2, 0.25) is 0 Å². The van der Waals surface area contributed by atoms with Crippen LogP contribution in [0.5, 0.6) is 0 Å². The van der Waals surface area contributed by atoms with Crippen LogP contribution in [0, 0.1) is 0 Å². The van der Waals surface area contributed by atoms with Gasteiger partial charge in [-0.1, -0.05) is 73.5 Å². The number of H-pyrrole nitrogens is 2. The molecule has 4 aromatic carbocycles. The molecule has 358 valence electrons. The number of carbonyl (C=O) groups is 1. The maximum atomic E-state index is 12.1. The van der Waals surface area contributed by atoms with Gasteiger partial charge in [0.15, 0.2) is 0 Å². The maximum absolute atomic E-state index is 12.1. The quantitative estimate of drug-likeness (QED) is 0.0440. The fraction of sp³-hybridized carbons (Fsp3) is 0.118. The molecule has 0 amide bonds. The Labute approximate surface area is 516 Å². The predicted octanol–water partition coefficient (Wildman–Crippen LogP) is -0.893. The number of nitrogens with one attached hydrogen (secondary N) is 2. The third-order valence-corrected chi connectivity index (χ3v) is 14.5. The fourth-order valence-corrected chi connectivity index (χ4v) is 10.0. The summed E-state index contributed by atoms with van der Waals surface area (Å²) in [5.41, 5.74) is 10.4. The number of aliphatic carboxylic acids is 1. The molecule has 6 N–H and O–H groups in total. The number of carboxylic acid groups (broad SMARTS) is 1. The second kappa shape index (κ2) is 25.2. The van der Waals surface area contributed by atoms with Crippen LogP contribution in [0.2, 0.25) is 0 Å². The Morgan fingerprint density at radius 3 is 0.959 bits per heavy atom. The van der Waals surface area contributed by atoms with Crippen molar-refractivity contribution < 1.29 is 173 Å². The van der Waals surface area contributed by atoms with E-state index in [0.29, 0.717) is 84.6 Å². The Kier molecular flexibility index (Phi) is 20.9. The molecule has 0 aliphatic carbocycles. The summed E-state index contributed by atoms with van der Waals surface area (Å²) in [7, 11) is -13.6. The van der Waals surface area contributed by atoms with E-state index in [-0.39, 0.29) is 145 Å². The zero-order valence-electron chi connectivity index (χ0n) is 44.4. The molecule has 22 heteroatoms. The summed E-state index contributed by atoms with van der Waals surface area (Å²) in [5, 5.41) is 8.99. The van der Waals surface area contributed by atoms with Crippen LogP contribution in [0.15, 0.2) is 136 Å². The first kappa shape index (κ1) is 60.5. The van der Waals surface area contributed by atoms with E-state index in [1.165, 1.54) is 36.4 Å². The van der Waals surface area contributed by atoms with Gasteiger partial charge in [0.25, 0.3) is 30.4 Å². The minimum Gasteiger partial charge on any atom is -1.00 e. The average Bonchev–Trinajstić information content (AvgIpc) is 4.16. The maximum Gasteiger partial charge on any atom is 1.00 e. The Balaban J connectivity index is 0.00000371. The van der Waals surface area contributed by atoms with Crippen LogP contribution in [0.1, 0.15) is 66.1 Å². The number of rotatable bonds is 14. The number of benzene rings is 4. The van der Waals surface area contributed by atoms with Crippen molar-refractivity contribution in [2.45, 2.75) is 53.2 Å². The monoisotopic (exact) mass is 1080 g/mol. The standard InChI is InChI=1S/C51H42N4O11S3.4Na.4H/c56-47(57)6-4-2-1-3-5-31-7-9-32(10-8-31)48-39-23-25-41(52-39)49(33-11-17-36(18-12-33)67(58,59)60)43-27-29-45(54-43)51(35-15-21-38(22-16-35)69(64,65)66)46-30-28-44(55-46)50(42-26-24-40(48)53-42)34-13-19-37(20-14-34)68(61,62)63;;;;;;;;/h7-30,52,55H,1-6H2,(H,56,57)(H,58,59,60)(H,61,62,63)(H,64,65,66);;;;;;;;/q;4*+1;4*-1. The normalized spacial score (nSPS) is 12.0. The van der Waals surface area contributed by atoms with Crippen LogP contribution >= 0.6 is 0 Å². The second-order valence-electron chi connectivity index (χ2n) is 16.5. The van der Waals surface area contributed by atoms with Crippen molar-refractivity contribution in [2.24, 2.45) is 0 Å². The zero-order chi connectivity index (χ0) is 48.7. The Morgan fingerprint density at radius 2 is 0.685 bits per heavy atom. The number of nitrogens with zero attached hydrogens (tertiary/aromatic N) is 2.